The highest BCUT2D eigenvalue weighted by Gasteiger charge is 2.14. The van der Waals surface area contributed by atoms with Crippen LogP contribution in [0.5, 0.6) is 0 Å². The Kier molecular flexibility index (Phi) is 3.69. The number of hydrogen-bond donors (Lipinski definition) is 1. The number of carbonyl (C=O) groups is 1. The number of carboxylic acids is 1. The van der Waals surface area contributed by atoms with Crippen molar-refractivity contribution in [2.75, 3.05) is 18.0 Å². The maximum atomic E-state index is 10.9. The lowest BCUT2D eigenvalue weighted by Gasteiger charge is -2.21. The maximum Gasteiger partial charge on any atom is 0.356 e. The minimum atomic E-state index is -1.04. The predicted molar refractivity (Wildman–Crippen MR) is 57.9 cm³/mol. The zero-order valence-electron chi connectivity index (χ0n) is 8.47. The van der Waals surface area contributed by atoms with Crippen molar-refractivity contribution < 1.29 is 9.90 Å². The fraction of sp³-hybridized carbons (Fsp3) is 0.273. The average Bonchev–Trinajstić information content (AvgIpc) is 2.26. The first-order valence-electron chi connectivity index (χ1n) is 4.57. The molecule has 0 aliphatic rings. The lowest BCUT2D eigenvalue weighted by molar-refractivity contribution is 0.0691. The van der Waals surface area contributed by atoms with Crippen LogP contribution in [0.3, 0.4) is 0 Å². The molecule has 0 saturated carbocycles. The van der Waals surface area contributed by atoms with Gasteiger partial charge in [0.05, 0.1) is 12.2 Å². The monoisotopic (exact) mass is 204 g/mol. The highest BCUT2D eigenvalue weighted by atomic mass is 16.4. The minimum absolute atomic E-state index is 0.0367. The van der Waals surface area contributed by atoms with E-state index in [1.807, 2.05) is 6.92 Å². The molecule has 4 heteroatoms. The van der Waals surface area contributed by atoms with E-state index in [4.69, 9.17) is 11.5 Å². The summed E-state index contributed by atoms with van der Waals surface area (Å²) in [5, 5.41) is 8.94. The van der Waals surface area contributed by atoms with Gasteiger partial charge in [0.25, 0.3) is 0 Å². The van der Waals surface area contributed by atoms with Crippen LogP contribution >= 0.6 is 0 Å². The molecule has 0 bridgehead atoms. The quantitative estimate of drug-likeness (QED) is 0.750. The largest absolute Gasteiger partial charge is 0.476 e. The zero-order chi connectivity index (χ0) is 11.3. The molecule has 1 rings (SSSR count). The van der Waals surface area contributed by atoms with Gasteiger partial charge in [-0.1, -0.05) is 5.92 Å². The highest BCUT2D eigenvalue weighted by molar-refractivity contribution is 5.92. The van der Waals surface area contributed by atoms with Gasteiger partial charge in [-0.05, 0) is 19.1 Å². The lowest BCUT2D eigenvalue weighted by Crippen LogP contribution is -2.25. The third-order valence-corrected chi connectivity index (χ3v) is 1.99. The van der Waals surface area contributed by atoms with Crippen LogP contribution in [0.25, 0.3) is 0 Å². The SMILES string of the molecule is C#CCN(CC)c1cccnc1C(=O)O. The second-order valence-electron chi connectivity index (χ2n) is 2.89. The normalized spacial score (nSPS) is 9.33. The van der Waals surface area contributed by atoms with E-state index < -0.39 is 5.97 Å². The Morgan fingerprint density at radius 2 is 2.47 bits per heavy atom. The van der Waals surface area contributed by atoms with Crippen molar-refractivity contribution in [1.82, 2.24) is 4.98 Å². The number of aromatic carboxylic acids is 1. The second-order valence-corrected chi connectivity index (χ2v) is 2.89. The number of carboxylic acid groups (broad SMARTS) is 1. The van der Waals surface area contributed by atoms with Gasteiger partial charge < -0.3 is 10.0 Å². The number of hydrogen-bond acceptors (Lipinski definition) is 3. The minimum Gasteiger partial charge on any atom is -0.476 e. The molecule has 1 heterocycles. The molecule has 1 aromatic rings. The summed E-state index contributed by atoms with van der Waals surface area (Å²) in [6.45, 7) is 2.94. The van der Waals surface area contributed by atoms with Crippen molar-refractivity contribution in [3.63, 3.8) is 0 Å². The fourth-order valence-corrected chi connectivity index (χ4v) is 1.29. The van der Waals surface area contributed by atoms with E-state index in [1.54, 1.807) is 17.0 Å². The molecule has 1 N–H and O–H groups in total. The molecule has 1 aromatic heterocycles. The molecule has 0 aliphatic carbocycles. The van der Waals surface area contributed by atoms with E-state index in [1.165, 1.54) is 6.20 Å². The van der Waals surface area contributed by atoms with Crippen LogP contribution in [0, 0.1) is 12.3 Å². The Bertz CT molecular complexity index is 396. The topological polar surface area (TPSA) is 53.4 Å². The third-order valence-electron chi connectivity index (χ3n) is 1.99. The Hall–Kier alpha value is -2.02. The molecule has 78 valence electrons. The van der Waals surface area contributed by atoms with Crippen LogP contribution in [0.15, 0.2) is 18.3 Å². The van der Waals surface area contributed by atoms with Crippen LogP contribution in [0.4, 0.5) is 5.69 Å². The second kappa shape index (κ2) is 5.01. The fourth-order valence-electron chi connectivity index (χ4n) is 1.29. The van der Waals surface area contributed by atoms with Crippen LogP contribution in [-0.2, 0) is 0 Å². The molecule has 4 nitrogen and oxygen atoms in total. The van der Waals surface area contributed by atoms with Crippen molar-refractivity contribution in [2.24, 2.45) is 0 Å². The molecule has 15 heavy (non-hydrogen) atoms. The summed E-state index contributed by atoms with van der Waals surface area (Å²) < 4.78 is 0. The molecule has 0 spiro atoms. The third kappa shape index (κ3) is 2.47. The predicted octanol–water partition coefficient (Wildman–Crippen LogP) is 1.24. The summed E-state index contributed by atoms with van der Waals surface area (Å²) in [5.41, 5.74) is 0.597. The van der Waals surface area contributed by atoms with Gasteiger partial charge in [0.2, 0.25) is 0 Å². The summed E-state index contributed by atoms with van der Waals surface area (Å²) in [6, 6.07) is 3.40. The van der Waals surface area contributed by atoms with E-state index in [9.17, 15) is 4.79 Å². The summed E-state index contributed by atoms with van der Waals surface area (Å²) in [7, 11) is 0. The first-order chi connectivity index (χ1) is 7.20. The van der Waals surface area contributed by atoms with E-state index in [2.05, 4.69) is 10.9 Å². The molecular weight excluding hydrogens is 192 g/mol. The van der Waals surface area contributed by atoms with E-state index in [-0.39, 0.29) is 5.69 Å². The van der Waals surface area contributed by atoms with Gasteiger partial charge in [0, 0.05) is 12.7 Å². The van der Waals surface area contributed by atoms with Gasteiger partial charge in [-0.2, -0.15) is 0 Å². The standard InChI is InChI=1S/C11H12N2O2/c1-3-8-13(4-2)9-6-5-7-12-10(9)11(14)15/h1,5-7H,4,8H2,2H3,(H,14,15). The average molecular weight is 204 g/mol. The Balaban J connectivity index is 3.11. The van der Waals surface area contributed by atoms with E-state index in [0.29, 0.717) is 18.8 Å². The van der Waals surface area contributed by atoms with E-state index in [0.717, 1.165) is 0 Å². The molecule has 0 radical (unpaired) electrons. The first kappa shape index (κ1) is 11.1. The Morgan fingerprint density at radius 1 is 1.73 bits per heavy atom. The van der Waals surface area contributed by atoms with Crippen molar-refractivity contribution >= 4 is 11.7 Å². The number of nitrogens with zero attached hydrogens (tertiary/aromatic N) is 2. The first-order valence-corrected chi connectivity index (χ1v) is 4.57. The van der Waals surface area contributed by atoms with Crippen molar-refractivity contribution in [3.8, 4) is 12.3 Å². The van der Waals surface area contributed by atoms with Crippen molar-refractivity contribution in [1.29, 1.82) is 0 Å². The Labute approximate surface area is 88.6 Å². The zero-order valence-corrected chi connectivity index (χ0v) is 8.47. The van der Waals surface area contributed by atoms with Crippen molar-refractivity contribution in [3.05, 3.63) is 24.0 Å². The molecule has 0 fully saturated rings. The molecule has 0 aliphatic heterocycles. The Morgan fingerprint density at radius 3 is 3.00 bits per heavy atom. The van der Waals surface area contributed by atoms with Gasteiger partial charge in [0.1, 0.15) is 0 Å². The van der Waals surface area contributed by atoms with Crippen LogP contribution < -0.4 is 4.90 Å². The summed E-state index contributed by atoms with van der Waals surface area (Å²) in [4.78, 5) is 16.5. The number of rotatable bonds is 4. The molecule has 0 saturated heterocycles. The van der Waals surface area contributed by atoms with Crippen LogP contribution in [0.2, 0.25) is 0 Å². The molecule has 0 amide bonds. The number of terminal acetylenes is 1. The number of anilines is 1. The van der Waals surface area contributed by atoms with Crippen LogP contribution in [0.1, 0.15) is 17.4 Å². The molecule has 0 atom stereocenters. The van der Waals surface area contributed by atoms with Crippen LogP contribution in [-0.4, -0.2) is 29.1 Å². The molecule has 0 unspecified atom stereocenters. The molecule has 0 aromatic carbocycles. The molecular formula is C11H12N2O2. The smallest absolute Gasteiger partial charge is 0.356 e. The van der Waals surface area contributed by atoms with E-state index >= 15 is 0 Å². The van der Waals surface area contributed by atoms with Crippen molar-refractivity contribution in [2.45, 2.75) is 6.92 Å². The van der Waals surface area contributed by atoms with Gasteiger partial charge in [0.15, 0.2) is 5.69 Å². The number of aromatic nitrogens is 1. The highest BCUT2D eigenvalue weighted by Crippen LogP contribution is 2.17. The van der Waals surface area contributed by atoms with Gasteiger partial charge >= 0.3 is 5.97 Å². The number of pyridine rings is 1. The summed E-state index contributed by atoms with van der Waals surface area (Å²) in [6.07, 6.45) is 6.66. The summed E-state index contributed by atoms with van der Waals surface area (Å²) in [5.74, 6) is 1.45. The summed E-state index contributed by atoms with van der Waals surface area (Å²) >= 11 is 0. The maximum absolute atomic E-state index is 10.9. The van der Waals surface area contributed by atoms with Gasteiger partial charge in [-0.3, -0.25) is 0 Å². The van der Waals surface area contributed by atoms with Gasteiger partial charge in [-0.15, -0.1) is 6.42 Å². The van der Waals surface area contributed by atoms with Gasteiger partial charge in [-0.25, -0.2) is 9.78 Å². The lowest BCUT2D eigenvalue weighted by atomic mass is 10.2.